The molecule has 0 saturated carbocycles. The second-order valence-corrected chi connectivity index (χ2v) is 20.3. The van der Waals surface area contributed by atoms with Gasteiger partial charge in [0.2, 0.25) is 0 Å². The van der Waals surface area contributed by atoms with Crippen molar-refractivity contribution in [2.45, 2.75) is 40.0 Å². The molecule has 6 rings (SSSR count). The van der Waals surface area contributed by atoms with E-state index in [0.29, 0.717) is 0 Å². The maximum atomic E-state index is 7.50. The zero-order valence-electron chi connectivity index (χ0n) is 35.6. The van der Waals surface area contributed by atoms with E-state index in [-0.39, 0.29) is 43.2 Å². The number of hydrogen-bond acceptors (Lipinski definition) is 4. The van der Waals surface area contributed by atoms with E-state index < -0.39 is 0 Å². The van der Waals surface area contributed by atoms with Crippen LogP contribution in [-0.2, 0) is 38.5 Å². The first-order valence-corrected chi connectivity index (χ1v) is 25.4. The fraction of sp³-hybridized carbons (Fsp3) is 0.288. The van der Waals surface area contributed by atoms with Crippen molar-refractivity contribution in [1.29, 1.82) is 0 Å². The van der Waals surface area contributed by atoms with Gasteiger partial charge in [0.1, 0.15) is 0 Å². The van der Waals surface area contributed by atoms with Crippen LogP contribution in [0.1, 0.15) is 40.0 Å². The topological polar surface area (TPSA) is 44.8 Å². The Kier molecular flexibility index (Phi) is 31.2. The monoisotopic (exact) mass is 947 g/mol. The van der Waals surface area contributed by atoms with E-state index in [2.05, 4.69) is 210 Å². The summed E-state index contributed by atoms with van der Waals surface area (Å²) in [6.45, 7) is 16.1. The Balaban J connectivity index is 0.000000301. The Labute approximate surface area is 378 Å². The van der Waals surface area contributed by atoms with Crippen LogP contribution < -0.4 is 31.8 Å². The minimum atomic E-state index is -0.292. The molecule has 6 aromatic carbocycles. The van der Waals surface area contributed by atoms with Crippen LogP contribution in [-0.4, -0.2) is 64.9 Å². The van der Waals surface area contributed by atoms with Crippen LogP contribution in [0, 0.1) is 0 Å². The molecule has 60 heavy (non-hydrogen) atoms. The van der Waals surface area contributed by atoms with E-state index in [1.165, 1.54) is 31.8 Å². The molecule has 4 nitrogen and oxygen atoms in total. The van der Waals surface area contributed by atoms with Gasteiger partial charge >= 0.3 is 0 Å². The van der Waals surface area contributed by atoms with Crippen LogP contribution in [0.2, 0.25) is 0 Å². The van der Waals surface area contributed by atoms with Crippen molar-refractivity contribution < 1.29 is 38.5 Å². The third-order valence-electron chi connectivity index (χ3n) is 8.83. The molecule has 0 unspecified atom stereocenters. The summed E-state index contributed by atoms with van der Waals surface area (Å²) in [5.41, 5.74) is 0. The van der Waals surface area contributed by atoms with Gasteiger partial charge in [-0.15, -0.1) is 0 Å². The molecular weight excluding hydrogens is 884 g/mol. The van der Waals surface area contributed by atoms with Crippen molar-refractivity contribution in [1.82, 2.24) is 0 Å². The normalized spacial score (nSPS) is 10.4. The Bertz CT molecular complexity index is 1490. The smallest absolute Gasteiger partial charge is 0.281 e. The van der Waals surface area contributed by atoms with Crippen LogP contribution in [0.25, 0.3) is 0 Å². The molecule has 0 spiro atoms. The minimum Gasteiger partial charge on any atom is -0.381 e. The second kappa shape index (κ2) is 35.4. The zero-order chi connectivity index (χ0) is 42.0. The Morgan fingerprint density at radius 2 is 0.483 bits per heavy atom. The van der Waals surface area contributed by atoms with Crippen molar-refractivity contribution in [3.8, 4) is 0 Å². The molecule has 0 aliphatic rings. The number of hydrogen-bond donors (Lipinski definition) is 0. The third kappa shape index (κ3) is 21.0. The van der Waals surface area contributed by atoms with Crippen molar-refractivity contribution in [3.05, 3.63) is 182 Å². The van der Waals surface area contributed by atoms with Crippen LogP contribution in [0.4, 0.5) is 0 Å². The number of carbonyl (C=O) groups excluding carboxylic acids is 1. The van der Waals surface area contributed by atoms with Gasteiger partial charge in [0.05, 0.1) is 19.8 Å². The first-order valence-electron chi connectivity index (χ1n) is 20.8. The van der Waals surface area contributed by atoms with E-state index in [4.69, 9.17) is 19.0 Å². The standard InChI is InChI=1S/3C17H21OP.CO.Rh/c3*1-2-13-18-14-15-19(16-9-5-3-6-10-16)17-11-7-4-8-12-17;1-2;/h3*3-12H,2,13-15H2,1H3;;. The SMILES string of the molecule is CCCOCCP(c1ccccc1)c1ccccc1.CCCOCCP(c1ccccc1)c1ccccc1.CCCOCCP(c1ccccc1)c1ccccc1.[C]=O.[Rh]. The van der Waals surface area contributed by atoms with Gasteiger partial charge in [-0.3, -0.25) is 4.79 Å². The molecule has 6 aromatic rings. The Morgan fingerprint density at radius 3 is 0.633 bits per heavy atom. The van der Waals surface area contributed by atoms with Crippen LogP contribution in [0.3, 0.4) is 0 Å². The molecule has 0 saturated heterocycles. The Hall–Kier alpha value is -3.22. The van der Waals surface area contributed by atoms with Gasteiger partial charge in [0.15, 0.2) is 0 Å². The maximum Gasteiger partial charge on any atom is 0.281 e. The van der Waals surface area contributed by atoms with Crippen LogP contribution in [0.5, 0.6) is 0 Å². The predicted molar refractivity (Wildman–Crippen MR) is 261 cm³/mol. The molecular formula is C52H63O4P3Rh. The zero-order valence-corrected chi connectivity index (χ0v) is 39.9. The van der Waals surface area contributed by atoms with Gasteiger partial charge in [-0.2, -0.15) is 0 Å². The minimum absolute atomic E-state index is 0. The largest absolute Gasteiger partial charge is 0.381 e. The molecule has 0 heterocycles. The first-order chi connectivity index (χ1) is 29.2. The summed E-state index contributed by atoms with van der Waals surface area (Å²) in [4.78, 5) is 7.50. The molecule has 0 aliphatic carbocycles. The molecule has 319 valence electrons. The average Bonchev–Trinajstić information content (AvgIpc) is 3.32. The molecule has 0 aromatic heterocycles. The van der Waals surface area contributed by atoms with Crippen molar-refractivity contribution >= 4 is 62.4 Å². The fourth-order valence-corrected chi connectivity index (χ4v) is 12.6. The third-order valence-corrected chi connectivity index (χ3v) is 16.2. The molecule has 0 aliphatic heterocycles. The number of ether oxygens (including phenoxy) is 3. The van der Waals surface area contributed by atoms with E-state index in [1.807, 2.05) is 0 Å². The molecule has 0 amide bonds. The summed E-state index contributed by atoms with van der Waals surface area (Å²) >= 11 is 0. The van der Waals surface area contributed by atoms with Crippen molar-refractivity contribution in [2.75, 3.05) is 58.1 Å². The van der Waals surface area contributed by atoms with Gasteiger partial charge in [0.25, 0.3) is 6.79 Å². The summed E-state index contributed by atoms with van der Waals surface area (Å²) in [6.07, 6.45) is 6.58. The predicted octanol–water partition coefficient (Wildman–Crippen LogP) is 10.2. The van der Waals surface area contributed by atoms with Crippen molar-refractivity contribution in [2.24, 2.45) is 0 Å². The average molecular weight is 948 g/mol. The molecule has 0 N–H and O–H groups in total. The van der Waals surface area contributed by atoms with Gasteiger partial charge in [-0.1, -0.05) is 203 Å². The van der Waals surface area contributed by atoms with Crippen molar-refractivity contribution in [3.63, 3.8) is 0 Å². The van der Waals surface area contributed by atoms with Crippen LogP contribution in [0.15, 0.2) is 182 Å². The first kappa shape index (κ1) is 52.9. The number of rotatable bonds is 21. The van der Waals surface area contributed by atoms with Gasteiger partial charge in [-0.05, 0) is 93.3 Å². The quantitative estimate of drug-likeness (QED) is 0.0410. The van der Waals surface area contributed by atoms with E-state index in [9.17, 15) is 0 Å². The summed E-state index contributed by atoms with van der Waals surface area (Å²) in [7, 11) is -0.877. The summed E-state index contributed by atoms with van der Waals surface area (Å²) < 4.78 is 17.0. The van der Waals surface area contributed by atoms with Gasteiger partial charge in [0, 0.05) is 39.3 Å². The van der Waals surface area contributed by atoms with Gasteiger partial charge < -0.3 is 14.2 Å². The maximum absolute atomic E-state index is 7.50. The molecule has 8 heteroatoms. The number of benzene rings is 6. The molecule has 3 radical (unpaired) electrons. The second-order valence-electron chi connectivity index (χ2n) is 13.3. The fourth-order valence-electron chi connectivity index (χ4n) is 6.08. The summed E-state index contributed by atoms with van der Waals surface area (Å²) in [5.74, 6) is 0. The van der Waals surface area contributed by atoms with Gasteiger partial charge in [-0.25, -0.2) is 0 Å². The molecule has 0 fully saturated rings. The molecule has 0 atom stereocenters. The molecule has 0 bridgehead atoms. The van der Waals surface area contributed by atoms with E-state index in [0.717, 1.165) is 77.4 Å². The van der Waals surface area contributed by atoms with E-state index >= 15 is 0 Å². The summed E-state index contributed by atoms with van der Waals surface area (Å²) in [6, 6.07) is 64.8. The van der Waals surface area contributed by atoms with E-state index in [1.54, 1.807) is 0 Å². The summed E-state index contributed by atoms with van der Waals surface area (Å²) in [5, 5.41) is 8.60. The van der Waals surface area contributed by atoms with Crippen LogP contribution >= 0.6 is 23.8 Å². The Morgan fingerprint density at radius 1 is 0.317 bits per heavy atom.